The van der Waals surface area contributed by atoms with Crippen molar-refractivity contribution in [2.24, 2.45) is 0 Å². The Kier molecular flexibility index (Phi) is 4.96. The fourth-order valence-corrected chi connectivity index (χ4v) is 1.89. The molecule has 0 aliphatic carbocycles. The predicted octanol–water partition coefficient (Wildman–Crippen LogP) is 3.13. The maximum absolute atomic E-state index is 12.8. The zero-order chi connectivity index (χ0) is 14.4. The van der Waals surface area contributed by atoms with Gasteiger partial charge in [-0.2, -0.15) is 0 Å². The van der Waals surface area contributed by atoms with Gasteiger partial charge < -0.3 is 14.8 Å². The van der Waals surface area contributed by atoms with Gasteiger partial charge in [0, 0.05) is 12.1 Å². The van der Waals surface area contributed by atoms with E-state index in [0.29, 0.717) is 13.2 Å². The zero-order valence-corrected chi connectivity index (χ0v) is 11.7. The first kappa shape index (κ1) is 14.3. The molecule has 4 heteroatoms. The maximum Gasteiger partial charge on any atom is 0.124 e. The molecule has 0 saturated heterocycles. The lowest BCUT2D eigenvalue weighted by Crippen LogP contribution is -2.08. The third kappa shape index (κ3) is 3.71. The molecule has 2 rings (SSSR count). The summed E-state index contributed by atoms with van der Waals surface area (Å²) in [5.74, 6) is 1.35. The Morgan fingerprint density at radius 1 is 1.10 bits per heavy atom. The molecule has 0 aromatic heterocycles. The van der Waals surface area contributed by atoms with Gasteiger partial charge in [-0.3, -0.25) is 0 Å². The molecular weight excluding hydrogens is 257 g/mol. The molecule has 0 fully saturated rings. The Morgan fingerprint density at radius 3 is 2.50 bits per heavy atom. The normalized spacial score (nSPS) is 10.3. The molecule has 0 unspecified atom stereocenters. The van der Waals surface area contributed by atoms with Crippen LogP contribution in [0.4, 0.5) is 4.39 Å². The van der Waals surface area contributed by atoms with Crippen molar-refractivity contribution in [3.63, 3.8) is 0 Å². The molecule has 0 radical (unpaired) electrons. The number of nitrogens with one attached hydrogen (secondary N) is 1. The summed E-state index contributed by atoms with van der Waals surface area (Å²) < 4.78 is 23.8. The Labute approximate surface area is 118 Å². The average Bonchev–Trinajstić information content (AvgIpc) is 2.48. The summed E-state index contributed by atoms with van der Waals surface area (Å²) in [5, 5.41) is 3.10. The Hall–Kier alpha value is -2.07. The highest BCUT2D eigenvalue weighted by Gasteiger charge is 2.06. The van der Waals surface area contributed by atoms with Crippen molar-refractivity contribution in [3.05, 3.63) is 59.4 Å². The van der Waals surface area contributed by atoms with E-state index in [1.165, 1.54) is 12.1 Å². The fourth-order valence-electron chi connectivity index (χ4n) is 1.89. The van der Waals surface area contributed by atoms with Gasteiger partial charge >= 0.3 is 0 Å². The van der Waals surface area contributed by atoms with Gasteiger partial charge in [0.15, 0.2) is 0 Å². The number of rotatable bonds is 6. The monoisotopic (exact) mass is 275 g/mol. The molecule has 2 aromatic rings. The van der Waals surface area contributed by atoms with E-state index in [1.54, 1.807) is 19.2 Å². The van der Waals surface area contributed by atoms with Gasteiger partial charge in [0.2, 0.25) is 0 Å². The molecule has 106 valence electrons. The van der Waals surface area contributed by atoms with E-state index in [-0.39, 0.29) is 5.82 Å². The van der Waals surface area contributed by atoms with Crippen molar-refractivity contribution < 1.29 is 13.9 Å². The van der Waals surface area contributed by atoms with Crippen LogP contribution in [0.3, 0.4) is 0 Å². The van der Waals surface area contributed by atoms with Crippen molar-refractivity contribution in [1.82, 2.24) is 5.32 Å². The summed E-state index contributed by atoms with van der Waals surface area (Å²) in [5.41, 5.74) is 1.95. The van der Waals surface area contributed by atoms with E-state index in [0.717, 1.165) is 22.6 Å². The van der Waals surface area contributed by atoms with Crippen LogP contribution in [0.2, 0.25) is 0 Å². The quantitative estimate of drug-likeness (QED) is 0.878. The summed E-state index contributed by atoms with van der Waals surface area (Å²) in [6.07, 6.45) is 0. The van der Waals surface area contributed by atoms with Crippen molar-refractivity contribution in [1.29, 1.82) is 0 Å². The topological polar surface area (TPSA) is 30.5 Å². The number of benzene rings is 2. The standard InChI is InChI=1S/C16H18FNO2/c1-18-10-13-9-15(19-2)7-8-16(13)20-11-12-3-5-14(17)6-4-12/h3-9,18H,10-11H2,1-2H3. The fraction of sp³-hybridized carbons (Fsp3) is 0.250. The number of halogens is 1. The number of methoxy groups -OCH3 is 1. The minimum Gasteiger partial charge on any atom is -0.497 e. The van der Waals surface area contributed by atoms with Crippen LogP contribution in [0.15, 0.2) is 42.5 Å². The molecule has 0 aliphatic heterocycles. The molecule has 0 amide bonds. The van der Waals surface area contributed by atoms with Crippen LogP contribution in [-0.4, -0.2) is 14.2 Å². The lowest BCUT2D eigenvalue weighted by atomic mass is 10.2. The first-order chi connectivity index (χ1) is 9.72. The highest BCUT2D eigenvalue weighted by molar-refractivity contribution is 5.40. The molecule has 3 nitrogen and oxygen atoms in total. The lowest BCUT2D eigenvalue weighted by molar-refractivity contribution is 0.301. The molecule has 0 bridgehead atoms. The van der Waals surface area contributed by atoms with E-state index in [1.807, 2.05) is 25.2 Å². The van der Waals surface area contributed by atoms with Gasteiger partial charge in [-0.15, -0.1) is 0 Å². The molecular formula is C16H18FNO2. The van der Waals surface area contributed by atoms with Crippen molar-refractivity contribution in [2.75, 3.05) is 14.2 Å². The predicted molar refractivity (Wildman–Crippen MR) is 76.5 cm³/mol. The van der Waals surface area contributed by atoms with Crippen LogP contribution in [0.25, 0.3) is 0 Å². The molecule has 0 atom stereocenters. The Balaban J connectivity index is 2.09. The van der Waals surface area contributed by atoms with Crippen LogP contribution in [0, 0.1) is 5.82 Å². The first-order valence-corrected chi connectivity index (χ1v) is 6.41. The van der Waals surface area contributed by atoms with Crippen molar-refractivity contribution >= 4 is 0 Å². The molecule has 1 N–H and O–H groups in total. The van der Waals surface area contributed by atoms with Crippen LogP contribution in [0.1, 0.15) is 11.1 Å². The van der Waals surface area contributed by atoms with E-state index >= 15 is 0 Å². The summed E-state index contributed by atoms with van der Waals surface area (Å²) in [7, 11) is 3.51. The smallest absolute Gasteiger partial charge is 0.124 e. The van der Waals surface area contributed by atoms with Gasteiger partial charge in [-0.1, -0.05) is 12.1 Å². The van der Waals surface area contributed by atoms with Crippen molar-refractivity contribution in [3.8, 4) is 11.5 Å². The van der Waals surface area contributed by atoms with Crippen LogP contribution in [0.5, 0.6) is 11.5 Å². The summed E-state index contributed by atoms with van der Waals surface area (Å²) in [4.78, 5) is 0. The summed E-state index contributed by atoms with van der Waals surface area (Å²) >= 11 is 0. The Morgan fingerprint density at radius 2 is 1.85 bits per heavy atom. The molecule has 0 aliphatic rings. The van der Waals surface area contributed by atoms with Crippen molar-refractivity contribution in [2.45, 2.75) is 13.2 Å². The van der Waals surface area contributed by atoms with Gasteiger partial charge in [0.1, 0.15) is 23.9 Å². The number of ether oxygens (including phenoxy) is 2. The molecule has 0 spiro atoms. The first-order valence-electron chi connectivity index (χ1n) is 6.41. The SMILES string of the molecule is CNCc1cc(OC)ccc1OCc1ccc(F)cc1. The van der Waals surface area contributed by atoms with E-state index in [4.69, 9.17) is 9.47 Å². The third-order valence-corrected chi connectivity index (χ3v) is 2.94. The summed E-state index contributed by atoms with van der Waals surface area (Å²) in [6.45, 7) is 1.10. The molecule has 0 heterocycles. The van der Waals surface area contributed by atoms with E-state index in [9.17, 15) is 4.39 Å². The molecule has 0 saturated carbocycles. The highest BCUT2D eigenvalue weighted by Crippen LogP contribution is 2.25. The van der Waals surface area contributed by atoms with Crippen LogP contribution < -0.4 is 14.8 Å². The largest absolute Gasteiger partial charge is 0.497 e. The maximum atomic E-state index is 12.8. The second kappa shape index (κ2) is 6.91. The number of hydrogen-bond acceptors (Lipinski definition) is 3. The second-order valence-electron chi connectivity index (χ2n) is 4.42. The zero-order valence-electron chi connectivity index (χ0n) is 11.7. The highest BCUT2D eigenvalue weighted by atomic mass is 19.1. The van der Waals surface area contributed by atoms with Crippen LogP contribution in [-0.2, 0) is 13.2 Å². The molecule has 20 heavy (non-hydrogen) atoms. The summed E-state index contributed by atoms with van der Waals surface area (Å²) in [6, 6.07) is 12.0. The van der Waals surface area contributed by atoms with Gasteiger partial charge in [-0.05, 0) is 42.9 Å². The van der Waals surface area contributed by atoms with Gasteiger partial charge in [-0.25, -0.2) is 4.39 Å². The van der Waals surface area contributed by atoms with Gasteiger partial charge in [0.05, 0.1) is 7.11 Å². The van der Waals surface area contributed by atoms with Gasteiger partial charge in [0.25, 0.3) is 0 Å². The lowest BCUT2D eigenvalue weighted by Gasteiger charge is -2.13. The minimum absolute atomic E-state index is 0.242. The molecule has 2 aromatic carbocycles. The van der Waals surface area contributed by atoms with E-state index in [2.05, 4.69) is 5.32 Å². The number of hydrogen-bond donors (Lipinski definition) is 1. The third-order valence-electron chi connectivity index (χ3n) is 2.94. The minimum atomic E-state index is -0.242. The van der Waals surface area contributed by atoms with E-state index < -0.39 is 0 Å². The second-order valence-corrected chi connectivity index (χ2v) is 4.42. The van der Waals surface area contributed by atoms with Crippen LogP contribution >= 0.6 is 0 Å². The average molecular weight is 275 g/mol. The Bertz CT molecular complexity index is 555.